The lowest BCUT2D eigenvalue weighted by Gasteiger charge is -2.13. The highest BCUT2D eigenvalue weighted by Gasteiger charge is 2.32. The van der Waals surface area contributed by atoms with Gasteiger partial charge in [-0.2, -0.15) is 0 Å². The summed E-state index contributed by atoms with van der Waals surface area (Å²) in [4.78, 5) is 21.1. The Morgan fingerprint density at radius 1 is 1.00 bits per heavy atom. The van der Waals surface area contributed by atoms with Crippen molar-refractivity contribution in [1.82, 2.24) is 0 Å². The van der Waals surface area contributed by atoms with Crippen molar-refractivity contribution in [3.63, 3.8) is 0 Å². The van der Waals surface area contributed by atoms with Gasteiger partial charge in [0.2, 0.25) is 11.0 Å². The first-order valence-corrected chi connectivity index (χ1v) is 4.98. The summed E-state index contributed by atoms with van der Waals surface area (Å²) in [5, 5.41) is 17.6. The fourth-order valence-electron chi connectivity index (χ4n) is 0.487. The molecule has 0 aliphatic carbocycles. The van der Waals surface area contributed by atoms with E-state index < -0.39 is 23.3 Å². The zero-order chi connectivity index (χ0) is 7.72. The van der Waals surface area contributed by atoms with Crippen molar-refractivity contribution in [2.75, 3.05) is 0 Å². The van der Waals surface area contributed by atoms with E-state index in [9.17, 15) is 9.59 Å². The first-order chi connectivity index (χ1) is 4.63. The summed E-state index contributed by atoms with van der Waals surface area (Å²) in [7, 11) is 0.508. The first-order valence-electron chi connectivity index (χ1n) is 2.48. The lowest BCUT2D eigenvalue weighted by molar-refractivity contribution is -0.133. The van der Waals surface area contributed by atoms with Gasteiger partial charge in [-0.3, -0.25) is 9.59 Å². The van der Waals surface area contributed by atoms with Crippen LogP contribution in [0.4, 0.5) is 0 Å². The Hall–Kier alpha value is -0.140. The van der Waals surface area contributed by atoms with Gasteiger partial charge < -0.3 is 10.2 Å². The van der Waals surface area contributed by atoms with Crippen molar-refractivity contribution >= 4 is 26.8 Å². The fourth-order valence-corrected chi connectivity index (χ4v) is 2.50. The minimum Gasteiger partial charge on any atom is -0.381 e. The third kappa shape index (κ3) is 1.30. The van der Waals surface area contributed by atoms with Gasteiger partial charge in [-0.25, -0.2) is 0 Å². The molecule has 4 nitrogen and oxygen atoms in total. The van der Waals surface area contributed by atoms with Gasteiger partial charge in [0.25, 0.3) is 0 Å². The fraction of sp³-hybridized carbons (Fsp3) is 0.500. The maximum atomic E-state index is 10.6. The molecule has 54 valence electrons. The first kappa shape index (κ1) is 7.96. The second-order valence-electron chi connectivity index (χ2n) is 1.77. The van der Waals surface area contributed by atoms with Crippen molar-refractivity contribution in [2.24, 2.45) is 0 Å². The smallest absolute Gasteiger partial charge is 0.217 e. The standard InChI is InChI=1S/C4H4O4P2/c5-1-2(6)4(8)10-9-3(1)7/h1-2,5-6H. The van der Waals surface area contributed by atoms with E-state index in [0.717, 1.165) is 0 Å². The molecular formula is C4H4O4P2. The molecule has 1 heterocycles. The maximum absolute atomic E-state index is 10.6. The highest BCUT2D eigenvalue weighted by Crippen LogP contribution is 2.28. The topological polar surface area (TPSA) is 74.6 Å². The van der Waals surface area contributed by atoms with E-state index in [4.69, 9.17) is 10.2 Å². The number of hydrogen-bond donors (Lipinski definition) is 2. The molecule has 0 saturated heterocycles. The van der Waals surface area contributed by atoms with Gasteiger partial charge in [-0.1, -0.05) is 0 Å². The van der Waals surface area contributed by atoms with E-state index in [1.54, 1.807) is 0 Å². The van der Waals surface area contributed by atoms with Crippen LogP contribution in [0, 0.1) is 0 Å². The second-order valence-corrected chi connectivity index (χ2v) is 4.25. The molecule has 0 aromatic heterocycles. The molecular weight excluding hydrogens is 174 g/mol. The second kappa shape index (κ2) is 2.85. The Morgan fingerprint density at radius 2 is 1.30 bits per heavy atom. The van der Waals surface area contributed by atoms with Crippen molar-refractivity contribution in [3.8, 4) is 0 Å². The quantitative estimate of drug-likeness (QED) is 0.494. The predicted octanol–water partition coefficient (Wildman–Crippen LogP) is -0.418. The van der Waals surface area contributed by atoms with Crippen molar-refractivity contribution in [2.45, 2.75) is 12.2 Å². The Balaban J connectivity index is 2.89. The van der Waals surface area contributed by atoms with Gasteiger partial charge in [0.1, 0.15) is 0 Å². The van der Waals surface area contributed by atoms with E-state index in [0.29, 0.717) is 0 Å². The molecule has 0 spiro atoms. The van der Waals surface area contributed by atoms with Crippen LogP contribution < -0.4 is 0 Å². The molecule has 1 aliphatic rings. The number of carbonyl (C=O) groups excluding carboxylic acids is 2. The van der Waals surface area contributed by atoms with Crippen LogP contribution in [0.2, 0.25) is 0 Å². The molecule has 2 unspecified atom stereocenters. The largest absolute Gasteiger partial charge is 0.381 e. The Kier molecular flexibility index (Phi) is 2.27. The van der Waals surface area contributed by atoms with E-state index in [-0.39, 0.29) is 15.7 Å². The number of aliphatic hydroxyl groups is 2. The van der Waals surface area contributed by atoms with Crippen LogP contribution in [0.5, 0.6) is 0 Å². The SMILES string of the molecule is O=C1P=PC(=O)C(O)C1O. The molecule has 1 rings (SSSR count). The molecule has 10 heavy (non-hydrogen) atoms. The van der Waals surface area contributed by atoms with E-state index in [1.165, 1.54) is 0 Å². The average molecular weight is 178 g/mol. The van der Waals surface area contributed by atoms with E-state index >= 15 is 0 Å². The Bertz CT molecular complexity index is 189. The molecule has 0 aromatic rings. The molecule has 0 bridgehead atoms. The molecule has 0 saturated carbocycles. The Morgan fingerprint density at radius 3 is 1.60 bits per heavy atom. The zero-order valence-electron chi connectivity index (χ0n) is 4.76. The molecule has 0 amide bonds. The highest BCUT2D eigenvalue weighted by atomic mass is 31.7. The highest BCUT2D eigenvalue weighted by molar-refractivity contribution is 8.00. The van der Waals surface area contributed by atoms with Crippen LogP contribution in [-0.2, 0) is 9.59 Å². The molecule has 2 N–H and O–H groups in total. The van der Waals surface area contributed by atoms with Crippen molar-refractivity contribution in [1.29, 1.82) is 0 Å². The molecule has 0 radical (unpaired) electrons. The van der Waals surface area contributed by atoms with E-state index in [1.807, 2.05) is 0 Å². The number of hydrogen-bond acceptors (Lipinski definition) is 4. The van der Waals surface area contributed by atoms with Crippen LogP contribution in [0.1, 0.15) is 0 Å². The van der Waals surface area contributed by atoms with Crippen LogP contribution >= 0.6 is 15.7 Å². The van der Waals surface area contributed by atoms with Crippen molar-refractivity contribution < 1.29 is 19.8 Å². The van der Waals surface area contributed by atoms with Crippen LogP contribution in [0.25, 0.3) is 0 Å². The van der Waals surface area contributed by atoms with Crippen molar-refractivity contribution in [3.05, 3.63) is 0 Å². The lowest BCUT2D eigenvalue weighted by Crippen LogP contribution is -2.37. The molecule has 0 fully saturated rings. The summed E-state index contributed by atoms with van der Waals surface area (Å²) < 4.78 is 0. The number of aliphatic hydroxyl groups excluding tert-OH is 2. The minimum atomic E-state index is -1.50. The van der Waals surface area contributed by atoms with Gasteiger partial charge in [0.15, 0.2) is 12.2 Å². The van der Waals surface area contributed by atoms with Gasteiger partial charge in [0, 0.05) is 15.7 Å². The number of carbonyl (C=O) groups is 2. The monoisotopic (exact) mass is 178 g/mol. The van der Waals surface area contributed by atoms with Gasteiger partial charge in [-0.15, -0.1) is 0 Å². The third-order valence-electron chi connectivity index (χ3n) is 1.05. The van der Waals surface area contributed by atoms with Crippen LogP contribution in [-0.4, -0.2) is 33.5 Å². The molecule has 6 heteroatoms. The van der Waals surface area contributed by atoms with Gasteiger partial charge >= 0.3 is 0 Å². The molecule has 0 aromatic carbocycles. The number of rotatable bonds is 0. The summed E-state index contributed by atoms with van der Waals surface area (Å²) in [6, 6.07) is 0. The maximum Gasteiger partial charge on any atom is 0.217 e. The summed E-state index contributed by atoms with van der Waals surface area (Å²) in [5.41, 5.74) is -0.984. The molecule has 2 atom stereocenters. The van der Waals surface area contributed by atoms with Crippen LogP contribution in [0.3, 0.4) is 0 Å². The predicted molar refractivity (Wildman–Crippen MR) is 35.9 cm³/mol. The summed E-state index contributed by atoms with van der Waals surface area (Å²) in [5.74, 6) is 0. The Labute approximate surface area is 59.7 Å². The third-order valence-corrected chi connectivity index (χ3v) is 3.56. The zero-order valence-corrected chi connectivity index (χ0v) is 6.55. The van der Waals surface area contributed by atoms with Gasteiger partial charge in [0.05, 0.1) is 0 Å². The molecule has 1 aliphatic heterocycles. The average Bonchev–Trinajstić information content (AvgIpc) is 1.93. The minimum absolute atomic E-state index is 0.254. The summed E-state index contributed by atoms with van der Waals surface area (Å²) >= 11 is 0. The van der Waals surface area contributed by atoms with Gasteiger partial charge in [-0.05, 0) is 0 Å². The summed E-state index contributed by atoms with van der Waals surface area (Å²) in [6.45, 7) is 0. The normalized spacial score (nSPS) is 36.2. The summed E-state index contributed by atoms with van der Waals surface area (Å²) in [6.07, 6.45) is -3.01. The van der Waals surface area contributed by atoms with E-state index in [2.05, 4.69) is 0 Å². The lowest BCUT2D eigenvalue weighted by atomic mass is 10.2. The van der Waals surface area contributed by atoms with Crippen LogP contribution in [0.15, 0.2) is 0 Å².